The van der Waals surface area contributed by atoms with Crippen molar-refractivity contribution >= 4 is 17.7 Å². The Morgan fingerprint density at radius 3 is 2.88 bits per heavy atom. The van der Waals surface area contributed by atoms with Crippen molar-refractivity contribution in [1.29, 1.82) is 0 Å². The Kier molecular flexibility index (Phi) is 5.86. The van der Waals surface area contributed by atoms with Gasteiger partial charge in [-0.1, -0.05) is 6.92 Å². The van der Waals surface area contributed by atoms with E-state index in [2.05, 4.69) is 21.9 Å². The van der Waals surface area contributed by atoms with Crippen molar-refractivity contribution in [2.24, 2.45) is 0 Å². The largest absolute Gasteiger partial charge is 0.458 e. The molecule has 0 aliphatic carbocycles. The zero-order chi connectivity index (χ0) is 17.6. The van der Waals surface area contributed by atoms with Crippen LogP contribution < -0.4 is 4.74 Å². The highest BCUT2D eigenvalue weighted by Gasteiger charge is 2.27. The SMILES string of the molecule is CCc1cnc(OC2CCCN(C(=O)c3cccnc3SC)C2)nc1. The summed E-state index contributed by atoms with van der Waals surface area (Å²) >= 11 is 1.48. The molecule has 0 aromatic carbocycles. The Morgan fingerprint density at radius 2 is 2.16 bits per heavy atom. The van der Waals surface area contributed by atoms with Gasteiger partial charge in [-0.2, -0.15) is 0 Å². The first kappa shape index (κ1) is 17.7. The molecule has 7 heteroatoms. The van der Waals surface area contributed by atoms with Crippen LogP contribution in [0.2, 0.25) is 0 Å². The molecule has 1 aliphatic rings. The minimum absolute atomic E-state index is 0.00741. The van der Waals surface area contributed by atoms with E-state index in [1.54, 1.807) is 24.7 Å². The van der Waals surface area contributed by atoms with Crippen molar-refractivity contribution in [2.45, 2.75) is 37.3 Å². The lowest BCUT2D eigenvalue weighted by Gasteiger charge is -2.32. The number of carbonyl (C=O) groups is 1. The van der Waals surface area contributed by atoms with Crippen molar-refractivity contribution < 1.29 is 9.53 Å². The molecule has 0 saturated carbocycles. The predicted molar refractivity (Wildman–Crippen MR) is 97.0 cm³/mol. The summed E-state index contributed by atoms with van der Waals surface area (Å²) in [7, 11) is 0. The average molecular weight is 358 g/mol. The number of piperidine rings is 1. The summed E-state index contributed by atoms with van der Waals surface area (Å²) in [6.45, 7) is 3.34. The minimum atomic E-state index is -0.0837. The van der Waals surface area contributed by atoms with Crippen molar-refractivity contribution in [2.75, 3.05) is 19.3 Å². The number of hydrogen-bond acceptors (Lipinski definition) is 6. The lowest BCUT2D eigenvalue weighted by atomic mass is 10.1. The van der Waals surface area contributed by atoms with E-state index in [0.717, 1.165) is 36.4 Å². The van der Waals surface area contributed by atoms with Crippen LogP contribution in [0, 0.1) is 0 Å². The number of aryl methyl sites for hydroxylation is 1. The van der Waals surface area contributed by atoms with E-state index < -0.39 is 0 Å². The summed E-state index contributed by atoms with van der Waals surface area (Å²) in [5, 5.41) is 0.758. The van der Waals surface area contributed by atoms with Crippen molar-refractivity contribution in [3.63, 3.8) is 0 Å². The van der Waals surface area contributed by atoms with Crippen molar-refractivity contribution in [3.05, 3.63) is 41.9 Å². The second-order valence-electron chi connectivity index (χ2n) is 5.92. The molecule has 25 heavy (non-hydrogen) atoms. The molecule has 1 atom stereocenters. The first-order valence-corrected chi connectivity index (χ1v) is 9.69. The third-order valence-electron chi connectivity index (χ3n) is 4.22. The van der Waals surface area contributed by atoms with Crippen LogP contribution in [0.5, 0.6) is 6.01 Å². The van der Waals surface area contributed by atoms with E-state index in [-0.39, 0.29) is 12.0 Å². The maximum absolute atomic E-state index is 12.8. The molecule has 0 N–H and O–H groups in total. The van der Waals surface area contributed by atoms with Crippen molar-refractivity contribution in [1.82, 2.24) is 19.9 Å². The number of rotatable bonds is 5. The maximum Gasteiger partial charge on any atom is 0.316 e. The summed E-state index contributed by atoms with van der Waals surface area (Å²) < 4.78 is 5.89. The van der Waals surface area contributed by atoms with E-state index in [1.807, 2.05) is 17.2 Å². The third kappa shape index (κ3) is 4.28. The van der Waals surface area contributed by atoms with E-state index in [0.29, 0.717) is 18.1 Å². The molecule has 1 unspecified atom stereocenters. The molecular weight excluding hydrogens is 336 g/mol. The molecule has 0 radical (unpaired) electrons. The van der Waals surface area contributed by atoms with Crippen LogP contribution in [0.1, 0.15) is 35.7 Å². The van der Waals surface area contributed by atoms with Crippen LogP contribution >= 0.6 is 11.8 Å². The fourth-order valence-electron chi connectivity index (χ4n) is 2.84. The van der Waals surface area contributed by atoms with Crippen LogP contribution in [0.4, 0.5) is 0 Å². The van der Waals surface area contributed by atoms with Crippen LogP contribution in [-0.4, -0.2) is 51.2 Å². The van der Waals surface area contributed by atoms with Crippen molar-refractivity contribution in [3.8, 4) is 6.01 Å². The molecule has 1 saturated heterocycles. The Bertz CT molecular complexity index is 723. The van der Waals surface area contributed by atoms with Gasteiger partial charge in [0.05, 0.1) is 12.1 Å². The predicted octanol–water partition coefficient (Wildman–Crippen LogP) is 2.84. The summed E-state index contributed by atoms with van der Waals surface area (Å²) in [6, 6.07) is 4.01. The Labute approximate surface area is 152 Å². The van der Waals surface area contributed by atoms with Gasteiger partial charge in [0.25, 0.3) is 5.91 Å². The van der Waals surface area contributed by atoms with E-state index >= 15 is 0 Å². The lowest BCUT2D eigenvalue weighted by molar-refractivity contribution is 0.0512. The number of thioether (sulfide) groups is 1. The van der Waals surface area contributed by atoms with Gasteiger partial charge in [0, 0.05) is 25.1 Å². The number of amides is 1. The van der Waals surface area contributed by atoms with Gasteiger partial charge < -0.3 is 9.64 Å². The van der Waals surface area contributed by atoms with Gasteiger partial charge in [-0.15, -0.1) is 11.8 Å². The molecule has 1 amide bonds. The summed E-state index contributed by atoms with van der Waals surface area (Å²) in [5.74, 6) is 0.00741. The molecule has 1 fully saturated rings. The number of aromatic nitrogens is 3. The van der Waals surface area contributed by atoms with Crippen LogP contribution in [0.15, 0.2) is 35.7 Å². The summed E-state index contributed by atoms with van der Waals surface area (Å²) in [5.41, 5.74) is 1.73. The molecule has 2 aromatic heterocycles. The third-order valence-corrected chi connectivity index (χ3v) is 4.93. The zero-order valence-electron chi connectivity index (χ0n) is 14.5. The Morgan fingerprint density at radius 1 is 1.36 bits per heavy atom. The summed E-state index contributed by atoms with van der Waals surface area (Å²) in [6.07, 6.45) is 9.82. The van der Waals surface area contributed by atoms with E-state index in [4.69, 9.17) is 4.74 Å². The first-order valence-electron chi connectivity index (χ1n) is 8.47. The zero-order valence-corrected chi connectivity index (χ0v) is 15.3. The van der Waals surface area contributed by atoms with E-state index in [9.17, 15) is 4.79 Å². The molecule has 6 nitrogen and oxygen atoms in total. The van der Waals surface area contributed by atoms with Crippen LogP contribution in [0.3, 0.4) is 0 Å². The highest BCUT2D eigenvalue weighted by Crippen LogP contribution is 2.22. The molecule has 0 spiro atoms. The maximum atomic E-state index is 12.8. The number of likely N-dealkylation sites (tertiary alicyclic amines) is 1. The quantitative estimate of drug-likeness (QED) is 0.766. The average Bonchev–Trinajstić information content (AvgIpc) is 2.68. The molecule has 0 bridgehead atoms. The van der Waals surface area contributed by atoms with Gasteiger partial charge in [-0.05, 0) is 43.2 Å². The van der Waals surface area contributed by atoms with Gasteiger partial charge in [0.2, 0.25) is 0 Å². The topological polar surface area (TPSA) is 68.2 Å². The van der Waals surface area contributed by atoms with Crippen LogP contribution in [-0.2, 0) is 6.42 Å². The lowest BCUT2D eigenvalue weighted by Crippen LogP contribution is -2.44. The molecule has 1 aliphatic heterocycles. The normalized spacial score (nSPS) is 17.4. The number of carbonyl (C=O) groups excluding carboxylic acids is 1. The van der Waals surface area contributed by atoms with Gasteiger partial charge in [-0.3, -0.25) is 4.79 Å². The number of ether oxygens (including phenoxy) is 1. The molecule has 132 valence electrons. The fraction of sp³-hybridized carbons (Fsp3) is 0.444. The first-order chi connectivity index (χ1) is 12.2. The van der Waals surface area contributed by atoms with E-state index in [1.165, 1.54) is 11.8 Å². The number of hydrogen-bond donors (Lipinski definition) is 0. The highest BCUT2D eigenvalue weighted by atomic mass is 32.2. The minimum Gasteiger partial charge on any atom is -0.458 e. The van der Waals surface area contributed by atoms with Gasteiger partial charge in [0.1, 0.15) is 11.1 Å². The second kappa shape index (κ2) is 8.29. The molecular formula is C18H22N4O2S. The molecule has 3 heterocycles. The summed E-state index contributed by atoms with van der Waals surface area (Å²) in [4.78, 5) is 27.5. The van der Waals surface area contributed by atoms with Gasteiger partial charge in [0.15, 0.2) is 0 Å². The second-order valence-corrected chi connectivity index (χ2v) is 6.72. The smallest absolute Gasteiger partial charge is 0.316 e. The standard InChI is InChI=1S/C18H22N4O2S/c1-3-13-10-20-18(21-11-13)24-14-6-5-9-22(12-14)17(23)15-7-4-8-19-16(15)25-2/h4,7-8,10-11,14H,3,5-6,9,12H2,1-2H3. The number of nitrogens with zero attached hydrogens (tertiary/aromatic N) is 4. The van der Waals surface area contributed by atoms with Gasteiger partial charge >= 0.3 is 6.01 Å². The fourth-order valence-corrected chi connectivity index (χ4v) is 3.38. The highest BCUT2D eigenvalue weighted by molar-refractivity contribution is 7.98. The monoisotopic (exact) mass is 358 g/mol. The Balaban J connectivity index is 1.66. The molecule has 3 rings (SSSR count). The molecule has 2 aromatic rings. The van der Waals surface area contributed by atoms with Crippen LogP contribution in [0.25, 0.3) is 0 Å². The number of pyridine rings is 1. The Hall–Kier alpha value is -2.15. The van der Waals surface area contributed by atoms with Gasteiger partial charge in [-0.25, -0.2) is 15.0 Å².